The molecule has 2 aromatic heterocycles. The molecule has 2 saturated heterocycles. The highest BCUT2D eigenvalue weighted by molar-refractivity contribution is 5.89. The van der Waals surface area contributed by atoms with Crippen molar-refractivity contribution < 1.29 is 14.3 Å². The van der Waals surface area contributed by atoms with E-state index in [0.29, 0.717) is 35.6 Å². The highest BCUT2D eigenvalue weighted by atomic mass is 19.1. The number of aromatic nitrogens is 3. The third kappa shape index (κ3) is 2.58. The van der Waals surface area contributed by atoms with Crippen molar-refractivity contribution >= 4 is 28.9 Å². The lowest BCUT2D eigenvalue weighted by molar-refractivity contribution is 0.137. The maximum atomic E-state index is 13.2. The van der Waals surface area contributed by atoms with Gasteiger partial charge < -0.3 is 20.6 Å². The van der Waals surface area contributed by atoms with Gasteiger partial charge in [0.15, 0.2) is 5.82 Å². The number of carboxylic acid groups (broad SMARTS) is 1. The molecule has 142 valence electrons. The fraction of sp³-hybridized carbons (Fsp3) is 0.263. The number of hydrogen-bond acceptors (Lipinski definition) is 6. The predicted molar refractivity (Wildman–Crippen MR) is 101 cm³/mol. The maximum absolute atomic E-state index is 13.2. The summed E-state index contributed by atoms with van der Waals surface area (Å²) in [7, 11) is 0. The molecule has 2 fully saturated rings. The Morgan fingerprint density at radius 2 is 1.86 bits per heavy atom. The summed E-state index contributed by atoms with van der Waals surface area (Å²) < 4.78 is 13.2. The fourth-order valence-corrected chi connectivity index (χ4v) is 4.16. The Labute approximate surface area is 159 Å². The van der Waals surface area contributed by atoms with Crippen LogP contribution in [0.4, 0.5) is 21.0 Å². The van der Waals surface area contributed by atoms with E-state index in [1.54, 1.807) is 12.1 Å². The largest absolute Gasteiger partial charge is 0.465 e. The number of nitrogens with two attached hydrogens (primary N) is 1. The monoisotopic (exact) mass is 380 g/mol. The van der Waals surface area contributed by atoms with E-state index in [-0.39, 0.29) is 23.8 Å². The Balaban J connectivity index is 1.58. The third-order valence-corrected chi connectivity index (χ3v) is 5.44. The molecule has 28 heavy (non-hydrogen) atoms. The van der Waals surface area contributed by atoms with Crippen LogP contribution in [0.1, 0.15) is 6.42 Å². The second-order valence-corrected chi connectivity index (χ2v) is 7.11. The quantitative estimate of drug-likeness (QED) is 0.702. The number of hydrogen-bond donors (Lipinski definition) is 2. The van der Waals surface area contributed by atoms with Gasteiger partial charge in [-0.3, -0.25) is 0 Å². The number of piperazine rings is 1. The van der Waals surface area contributed by atoms with Gasteiger partial charge in [-0.05, 0) is 42.8 Å². The summed E-state index contributed by atoms with van der Waals surface area (Å²) in [5.41, 5.74) is 8.59. The number of likely N-dealkylation sites (tertiary alicyclic amines) is 1. The van der Waals surface area contributed by atoms with E-state index in [0.717, 1.165) is 12.0 Å². The third-order valence-electron chi connectivity index (χ3n) is 5.44. The molecule has 0 spiro atoms. The van der Waals surface area contributed by atoms with Crippen LogP contribution in [-0.4, -0.2) is 56.2 Å². The summed E-state index contributed by atoms with van der Waals surface area (Å²) in [5.74, 6) is 0.457. The number of nitrogens with zero attached hydrogens (tertiary/aromatic N) is 5. The molecule has 8 nitrogen and oxygen atoms in total. The normalized spacial score (nSPS) is 20.9. The van der Waals surface area contributed by atoms with Crippen LogP contribution in [-0.2, 0) is 0 Å². The molecule has 0 radical (unpaired) electrons. The van der Waals surface area contributed by atoms with Crippen molar-refractivity contribution in [1.29, 1.82) is 0 Å². The summed E-state index contributed by atoms with van der Waals surface area (Å²) >= 11 is 0. The number of halogens is 1. The maximum Gasteiger partial charge on any atom is 0.407 e. The average molecular weight is 380 g/mol. The van der Waals surface area contributed by atoms with E-state index in [1.165, 1.54) is 17.0 Å². The molecule has 2 aliphatic rings. The molecular formula is C19H17FN6O2. The second-order valence-electron chi connectivity index (χ2n) is 7.11. The highest BCUT2D eigenvalue weighted by Crippen LogP contribution is 2.37. The summed E-state index contributed by atoms with van der Waals surface area (Å²) in [6, 6.07) is 9.73. The first-order valence-electron chi connectivity index (χ1n) is 8.96. The van der Waals surface area contributed by atoms with Crippen molar-refractivity contribution in [2.45, 2.75) is 18.5 Å². The van der Waals surface area contributed by atoms with Crippen molar-refractivity contribution in [3.05, 3.63) is 42.2 Å². The molecule has 5 rings (SSSR count). The van der Waals surface area contributed by atoms with Gasteiger partial charge in [0, 0.05) is 18.7 Å². The molecule has 2 aliphatic heterocycles. The van der Waals surface area contributed by atoms with Crippen molar-refractivity contribution in [3.63, 3.8) is 0 Å². The number of pyridine rings is 1. The van der Waals surface area contributed by atoms with Crippen LogP contribution >= 0.6 is 0 Å². The molecule has 1 aromatic carbocycles. The van der Waals surface area contributed by atoms with Crippen LogP contribution in [0.5, 0.6) is 0 Å². The van der Waals surface area contributed by atoms with Crippen LogP contribution in [0.25, 0.3) is 22.3 Å². The van der Waals surface area contributed by atoms with Crippen molar-refractivity contribution in [2.24, 2.45) is 0 Å². The fourth-order valence-electron chi connectivity index (χ4n) is 4.16. The van der Waals surface area contributed by atoms with Gasteiger partial charge >= 0.3 is 6.09 Å². The topological polar surface area (TPSA) is 108 Å². The molecule has 1 amide bonds. The van der Waals surface area contributed by atoms with Gasteiger partial charge in [-0.1, -0.05) is 0 Å². The Kier molecular flexibility index (Phi) is 3.58. The summed E-state index contributed by atoms with van der Waals surface area (Å²) in [6.07, 6.45) is -0.133. The van der Waals surface area contributed by atoms with Crippen LogP contribution in [0.3, 0.4) is 0 Å². The molecule has 0 unspecified atom stereocenters. The first-order valence-corrected chi connectivity index (χ1v) is 8.96. The Morgan fingerprint density at radius 1 is 1.07 bits per heavy atom. The lowest BCUT2D eigenvalue weighted by atomic mass is 10.1. The minimum Gasteiger partial charge on any atom is -0.465 e. The van der Waals surface area contributed by atoms with E-state index in [2.05, 4.69) is 14.9 Å². The van der Waals surface area contributed by atoms with Gasteiger partial charge in [0.2, 0.25) is 5.95 Å². The number of fused-ring (bicyclic) bond motifs is 3. The zero-order valence-corrected chi connectivity index (χ0v) is 14.8. The van der Waals surface area contributed by atoms with Crippen molar-refractivity contribution in [1.82, 2.24) is 19.9 Å². The van der Waals surface area contributed by atoms with Gasteiger partial charge in [-0.25, -0.2) is 19.2 Å². The molecule has 4 heterocycles. The summed E-state index contributed by atoms with van der Waals surface area (Å²) in [5, 5.41) is 9.31. The van der Waals surface area contributed by atoms with Crippen molar-refractivity contribution in [3.8, 4) is 11.3 Å². The Morgan fingerprint density at radius 3 is 2.54 bits per heavy atom. The average Bonchev–Trinajstić information content (AvgIpc) is 3.28. The molecule has 2 atom stereocenters. The van der Waals surface area contributed by atoms with E-state index in [9.17, 15) is 14.3 Å². The number of carbonyl (C=O) groups is 1. The van der Waals surface area contributed by atoms with Crippen LogP contribution in [0, 0.1) is 5.82 Å². The lowest BCUT2D eigenvalue weighted by Gasteiger charge is -2.33. The summed E-state index contributed by atoms with van der Waals surface area (Å²) in [4.78, 5) is 28.3. The highest BCUT2D eigenvalue weighted by Gasteiger charge is 2.46. The second kappa shape index (κ2) is 6.01. The van der Waals surface area contributed by atoms with E-state index in [1.807, 2.05) is 12.1 Å². The number of nitrogen functional groups attached to an aromatic ring is 1. The molecule has 0 saturated carbocycles. The van der Waals surface area contributed by atoms with Gasteiger partial charge in [0.1, 0.15) is 11.3 Å². The van der Waals surface area contributed by atoms with Gasteiger partial charge in [0.05, 0.1) is 23.3 Å². The zero-order valence-electron chi connectivity index (χ0n) is 14.8. The van der Waals surface area contributed by atoms with E-state index < -0.39 is 6.09 Å². The van der Waals surface area contributed by atoms with Crippen LogP contribution < -0.4 is 10.6 Å². The number of benzene rings is 1. The van der Waals surface area contributed by atoms with Gasteiger partial charge in [-0.2, -0.15) is 4.98 Å². The van der Waals surface area contributed by atoms with Crippen LogP contribution in [0.2, 0.25) is 0 Å². The van der Waals surface area contributed by atoms with E-state index >= 15 is 0 Å². The lowest BCUT2D eigenvalue weighted by Crippen LogP contribution is -2.48. The Bertz CT molecular complexity index is 1090. The smallest absolute Gasteiger partial charge is 0.407 e. The molecule has 3 N–H and O–H groups in total. The van der Waals surface area contributed by atoms with Crippen molar-refractivity contribution in [2.75, 3.05) is 23.7 Å². The minimum atomic E-state index is -0.893. The predicted octanol–water partition coefficient (Wildman–Crippen LogP) is 2.35. The molecule has 9 heteroatoms. The molecule has 2 bridgehead atoms. The number of rotatable bonds is 2. The Hall–Kier alpha value is -3.49. The van der Waals surface area contributed by atoms with Crippen LogP contribution in [0.15, 0.2) is 36.4 Å². The number of anilines is 2. The molecular weight excluding hydrogens is 363 g/mol. The van der Waals surface area contributed by atoms with Gasteiger partial charge in [-0.15, -0.1) is 0 Å². The molecule has 0 aliphatic carbocycles. The first kappa shape index (κ1) is 16.7. The standard InChI is InChI=1S/C19H17FN6O2/c20-11-3-1-10(2-4-11)14-5-6-15-16(22-14)17(24-18(21)23-15)25-8-13-7-12(25)9-26(13)19(27)28/h1-6,12-13H,7-9H2,(H,27,28)(H2,21,23,24)/t12-,13-/m0/s1. The van der Waals surface area contributed by atoms with Gasteiger partial charge in [0.25, 0.3) is 0 Å². The SMILES string of the molecule is Nc1nc(N2C[C@@H]3C[C@H]2CN3C(=O)O)c2nc(-c3ccc(F)cc3)ccc2n1. The molecule has 3 aromatic rings. The minimum absolute atomic E-state index is 0.0369. The number of amides is 1. The first-order chi connectivity index (χ1) is 13.5. The summed E-state index contributed by atoms with van der Waals surface area (Å²) in [6.45, 7) is 0.980. The van der Waals surface area contributed by atoms with E-state index in [4.69, 9.17) is 10.7 Å². The zero-order chi connectivity index (χ0) is 19.4.